The minimum atomic E-state index is 0.233. The first-order chi connectivity index (χ1) is 8.35. The molecule has 0 aromatic heterocycles. The van der Waals surface area contributed by atoms with E-state index in [1.807, 2.05) is 6.07 Å². The predicted octanol–water partition coefficient (Wildman–Crippen LogP) is 2.22. The highest BCUT2D eigenvalue weighted by molar-refractivity contribution is 5.53. The Bertz CT molecular complexity index is 359. The van der Waals surface area contributed by atoms with Gasteiger partial charge < -0.3 is 14.7 Å². The smallest absolute Gasteiger partial charge is 0.122 e. The van der Waals surface area contributed by atoms with Crippen molar-refractivity contribution in [2.45, 2.75) is 25.7 Å². The van der Waals surface area contributed by atoms with Crippen molar-refractivity contribution in [3.63, 3.8) is 0 Å². The average Bonchev–Trinajstić information content (AvgIpc) is 2.89. The maximum absolute atomic E-state index is 8.92. The van der Waals surface area contributed by atoms with E-state index in [-0.39, 0.29) is 6.61 Å². The Labute approximate surface area is 103 Å². The van der Waals surface area contributed by atoms with E-state index in [0.717, 1.165) is 31.7 Å². The number of anilines is 1. The third-order valence-electron chi connectivity index (χ3n) is 3.34. The summed E-state index contributed by atoms with van der Waals surface area (Å²) in [6, 6.07) is 6.38. The molecule has 1 fully saturated rings. The van der Waals surface area contributed by atoms with Crippen LogP contribution in [0.1, 0.15) is 24.8 Å². The summed E-state index contributed by atoms with van der Waals surface area (Å²) in [5, 5.41) is 8.92. The Hall–Kier alpha value is -1.22. The van der Waals surface area contributed by atoms with Crippen LogP contribution in [-0.2, 0) is 6.42 Å². The van der Waals surface area contributed by atoms with Crippen LogP contribution in [0, 0.1) is 0 Å². The molecule has 0 atom stereocenters. The van der Waals surface area contributed by atoms with E-state index in [4.69, 9.17) is 9.84 Å². The predicted molar refractivity (Wildman–Crippen MR) is 69.8 cm³/mol. The number of hydrogen-bond donors (Lipinski definition) is 1. The van der Waals surface area contributed by atoms with Gasteiger partial charge in [0.15, 0.2) is 0 Å². The molecule has 1 aliphatic rings. The topological polar surface area (TPSA) is 32.7 Å². The van der Waals surface area contributed by atoms with Gasteiger partial charge >= 0.3 is 0 Å². The molecule has 1 aromatic carbocycles. The minimum Gasteiger partial charge on any atom is -0.496 e. The van der Waals surface area contributed by atoms with Crippen molar-refractivity contribution in [3.8, 4) is 5.75 Å². The van der Waals surface area contributed by atoms with Gasteiger partial charge in [0.1, 0.15) is 5.75 Å². The van der Waals surface area contributed by atoms with Crippen molar-refractivity contribution >= 4 is 5.69 Å². The fourth-order valence-corrected chi connectivity index (χ4v) is 2.40. The van der Waals surface area contributed by atoms with Gasteiger partial charge in [0.25, 0.3) is 0 Å². The maximum Gasteiger partial charge on any atom is 0.122 e. The molecule has 3 nitrogen and oxygen atoms in total. The summed E-state index contributed by atoms with van der Waals surface area (Å²) in [6.45, 7) is 2.55. The number of benzene rings is 1. The second kappa shape index (κ2) is 5.92. The molecule has 1 heterocycles. The van der Waals surface area contributed by atoms with Crippen LogP contribution in [0.4, 0.5) is 5.69 Å². The first kappa shape index (κ1) is 12.2. The Balaban J connectivity index is 2.17. The Morgan fingerprint density at radius 2 is 2.06 bits per heavy atom. The van der Waals surface area contributed by atoms with E-state index < -0.39 is 0 Å². The van der Waals surface area contributed by atoms with Crippen LogP contribution < -0.4 is 9.64 Å². The van der Waals surface area contributed by atoms with E-state index in [9.17, 15) is 0 Å². The Morgan fingerprint density at radius 1 is 1.29 bits per heavy atom. The number of methoxy groups -OCH3 is 1. The highest BCUT2D eigenvalue weighted by atomic mass is 16.5. The van der Waals surface area contributed by atoms with Crippen LogP contribution >= 0.6 is 0 Å². The maximum atomic E-state index is 8.92. The van der Waals surface area contributed by atoms with Crippen molar-refractivity contribution in [2.24, 2.45) is 0 Å². The summed E-state index contributed by atoms with van der Waals surface area (Å²) in [4.78, 5) is 2.42. The van der Waals surface area contributed by atoms with Crippen LogP contribution in [-0.4, -0.2) is 31.9 Å². The van der Waals surface area contributed by atoms with Gasteiger partial charge in [-0.1, -0.05) is 0 Å². The van der Waals surface area contributed by atoms with Crippen molar-refractivity contribution in [3.05, 3.63) is 23.8 Å². The molecule has 0 unspecified atom stereocenters. The average molecular weight is 235 g/mol. The quantitative estimate of drug-likeness (QED) is 0.849. The summed E-state index contributed by atoms with van der Waals surface area (Å²) >= 11 is 0. The molecule has 17 heavy (non-hydrogen) atoms. The number of ether oxygens (including phenoxy) is 1. The zero-order chi connectivity index (χ0) is 12.1. The molecule has 0 saturated carbocycles. The van der Waals surface area contributed by atoms with Crippen molar-refractivity contribution in [1.82, 2.24) is 0 Å². The lowest BCUT2D eigenvalue weighted by Gasteiger charge is -2.19. The van der Waals surface area contributed by atoms with Crippen LogP contribution in [0.3, 0.4) is 0 Å². The zero-order valence-electron chi connectivity index (χ0n) is 10.5. The summed E-state index contributed by atoms with van der Waals surface area (Å²) < 4.78 is 5.36. The summed E-state index contributed by atoms with van der Waals surface area (Å²) in [5.41, 5.74) is 2.49. The van der Waals surface area contributed by atoms with Gasteiger partial charge in [0, 0.05) is 25.4 Å². The second-order valence-corrected chi connectivity index (χ2v) is 4.52. The van der Waals surface area contributed by atoms with Gasteiger partial charge in [-0.15, -0.1) is 0 Å². The molecule has 2 rings (SSSR count). The fraction of sp³-hybridized carbons (Fsp3) is 0.571. The molecule has 0 amide bonds. The number of aliphatic hydroxyl groups excluding tert-OH is 1. The molecule has 3 heteroatoms. The largest absolute Gasteiger partial charge is 0.496 e. The Kier molecular flexibility index (Phi) is 4.26. The highest BCUT2D eigenvalue weighted by Gasteiger charge is 2.14. The van der Waals surface area contributed by atoms with Crippen LogP contribution in [0.25, 0.3) is 0 Å². The molecule has 1 N–H and O–H groups in total. The third-order valence-corrected chi connectivity index (χ3v) is 3.34. The third kappa shape index (κ3) is 2.91. The Morgan fingerprint density at radius 3 is 2.71 bits per heavy atom. The molecule has 0 radical (unpaired) electrons. The summed E-state index contributed by atoms with van der Waals surface area (Å²) in [7, 11) is 1.70. The van der Waals surface area contributed by atoms with Gasteiger partial charge in [-0.2, -0.15) is 0 Å². The minimum absolute atomic E-state index is 0.233. The molecule has 1 aromatic rings. The molecule has 0 bridgehead atoms. The van der Waals surface area contributed by atoms with Crippen LogP contribution in [0.5, 0.6) is 5.75 Å². The van der Waals surface area contributed by atoms with Crippen molar-refractivity contribution in [1.29, 1.82) is 0 Å². The summed E-state index contributed by atoms with van der Waals surface area (Å²) in [5.74, 6) is 0.932. The fourth-order valence-electron chi connectivity index (χ4n) is 2.40. The molecule has 0 aliphatic carbocycles. The number of aliphatic hydroxyl groups is 1. The normalized spacial score (nSPS) is 15.3. The monoisotopic (exact) mass is 235 g/mol. The van der Waals surface area contributed by atoms with Crippen molar-refractivity contribution in [2.75, 3.05) is 31.7 Å². The van der Waals surface area contributed by atoms with E-state index in [1.54, 1.807) is 7.11 Å². The van der Waals surface area contributed by atoms with E-state index in [1.165, 1.54) is 24.1 Å². The molecule has 0 spiro atoms. The molecule has 1 aliphatic heterocycles. The lowest BCUT2D eigenvalue weighted by Crippen LogP contribution is -2.17. The molecule has 94 valence electrons. The number of aryl methyl sites for hydroxylation is 1. The van der Waals surface area contributed by atoms with Gasteiger partial charge in [-0.05, 0) is 49.4 Å². The lowest BCUT2D eigenvalue weighted by atomic mass is 10.1. The zero-order valence-corrected chi connectivity index (χ0v) is 10.5. The van der Waals surface area contributed by atoms with E-state index >= 15 is 0 Å². The number of nitrogens with zero attached hydrogens (tertiary/aromatic N) is 1. The first-order valence-electron chi connectivity index (χ1n) is 6.38. The SMILES string of the molecule is COc1ccc(N2CCCC2)cc1CCCO. The first-order valence-corrected chi connectivity index (χ1v) is 6.38. The van der Waals surface area contributed by atoms with E-state index in [0.29, 0.717) is 0 Å². The van der Waals surface area contributed by atoms with Gasteiger partial charge in [0.2, 0.25) is 0 Å². The van der Waals surface area contributed by atoms with Crippen LogP contribution in [0.2, 0.25) is 0 Å². The van der Waals surface area contributed by atoms with Crippen LogP contribution in [0.15, 0.2) is 18.2 Å². The standard InChI is InChI=1S/C14H21NO2/c1-17-14-7-6-13(15-8-2-3-9-15)11-12(14)5-4-10-16/h6-7,11,16H,2-5,8-10H2,1H3. The highest BCUT2D eigenvalue weighted by Crippen LogP contribution is 2.28. The summed E-state index contributed by atoms with van der Waals surface area (Å²) in [6.07, 6.45) is 4.25. The molecular weight excluding hydrogens is 214 g/mol. The second-order valence-electron chi connectivity index (χ2n) is 4.52. The van der Waals surface area contributed by atoms with Crippen molar-refractivity contribution < 1.29 is 9.84 Å². The number of hydrogen-bond acceptors (Lipinski definition) is 3. The van der Waals surface area contributed by atoms with Gasteiger partial charge in [0.05, 0.1) is 7.11 Å². The molecule has 1 saturated heterocycles. The molecular formula is C14H21NO2. The van der Waals surface area contributed by atoms with Gasteiger partial charge in [-0.25, -0.2) is 0 Å². The number of rotatable bonds is 5. The lowest BCUT2D eigenvalue weighted by molar-refractivity contribution is 0.287. The van der Waals surface area contributed by atoms with Gasteiger partial charge in [-0.3, -0.25) is 0 Å². The van der Waals surface area contributed by atoms with E-state index in [2.05, 4.69) is 17.0 Å².